The minimum absolute atomic E-state index is 0.0745. The van der Waals surface area contributed by atoms with Crippen LogP contribution in [0.3, 0.4) is 0 Å². The molecule has 0 aliphatic carbocycles. The van der Waals surface area contributed by atoms with E-state index in [1.165, 1.54) is 0 Å². The third-order valence-electron chi connectivity index (χ3n) is 6.56. The zero-order valence-electron chi connectivity index (χ0n) is 19.9. The van der Waals surface area contributed by atoms with E-state index in [1.807, 2.05) is 30.0 Å². The summed E-state index contributed by atoms with van der Waals surface area (Å²) in [6.07, 6.45) is 2.86. The van der Waals surface area contributed by atoms with Crippen LogP contribution in [0.2, 0.25) is 0 Å². The number of piperidine rings is 1. The number of anilines is 1. The van der Waals surface area contributed by atoms with Crippen LogP contribution in [-0.4, -0.2) is 74.4 Å². The van der Waals surface area contributed by atoms with Crippen molar-refractivity contribution in [3.05, 3.63) is 48.0 Å². The highest BCUT2D eigenvalue weighted by Crippen LogP contribution is 2.34. The van der Waals surface area contributed by atoms with Gasteiger partial charge in [0.1, 0.15) is 11.3 Å². The third kappa shape index (κ3) is 4.87. The van der Waals surface area contributed by atoms with Crippen molar-refractivity contribution in [2.24, 2.45) is 0 Å². The molecule has 0 atom stereocenters. The van der Waals surface area contributed by atoms with E-state index in [2.05, 4.69) is 4.90 Å². The largest absolute Gasteiger partial charge is 0.492 e. The first-order valence-electron chi connectivity index (χ1n) is 12.1. The first-order chi connectivity index (χ1) is 17.0. The summed E-state index contributed by atoms with van der Waals surface area (Å²) in [4.78, 5) is 22.2. The van der Waals surface area contributed by atoms with E-state index in [0.717, 1.165) is 40.4 Å². The highest BCUT2D eigenvalue weighted by molar-refractivity contribution is 7.89. The number of fused-ring (bicyclic) bond motifs is 1. The summed E-state index contributed by atoms with van der Waals surface area (Å²) in [6, 6.07) is 12.4. The molecular formula is C25H30N4O4S2. The number of carbonyl (C=O) groups is 1. The number of thiazole rings is 1. The zero-order valence-corrected chi connectivity index (χ0v) is 21.5. The second-order valence-corrected chi connectivity index (χ2v) is 11.7. The van der Waals surface area contributed by atoms with Gasteiger partial charge in [-0.1, -0.05) is 23.8 Å². The molecule has 10 heteroatoms. The van der Waals surface area contributed by atoms with Gasteiger partial charge in [-0.15, -0.1) is 0 Å². The molecule has 3 heterocycles. The van der Waals surface area contributed by atoms with Gasteiger partial charge in [-0.25, -0.2) is 13.4 Å². The lowest BCUT2D eigenvalue weighted by Crippen LogP contribution is -2.48. The smallest absolute Gasteiger partial charge is 0.253 e. The predicted octanol–water partition coefficient (Wildman–Crippen LogP) is 3.83. The number of amides is 1. The minimum Gasteiger partial charge on any atom is -0.492 e. The first kappa shape index (κ1) is 24.0. The Labute approximate surface area is 210 Å². The van der Waals surface area contributed by atoms with Gasteiger partial charge in [0.2, 0.25) is 10.0 Å². The van der Waals surface area contributed by atoms with Crippen molar-refractivity contribution in [3.8, 4) is 5.75 Å². The monoisotopic (exact) mass is 514 g/mol. The maximum Gasteiger partial charge on any atom is 0.253 e. The molecule has 0 spiro atoms. The second-order valence-electron chi connectivity index (χ2n) is 8.80. The van der Waals surface area contributed by atoms with Gasteiger partial charge in [-0.2, -0.15) is 4.31 Å². The molecule has 0 unspecified atom stereocenters. The van der Waals surface area contributed by atoms with E-state index in [9.17, 15) is 13.2 Å². The van der Waals surface area contributed by atoms with E-state index in [0.29, 0.717) is 51.4 Å². The Morgan fingerprint density at radius 2 is 1.69 bits per heavy atom. The molecule has 0 bridgehead atoms. The highest BCUT2D eigenvalue weighted by atomic mass is 32.2. The van der Waals surface area contributed by atoms with Gasteiger partial charge in [0.05, 0.1) is 16.2 Å². The van der Waals surface area contributed by atoms with Gasteiger partial charge < -0.3 is 14.5 Å². The lowest BCUT2D eigenvalue weighted by atomic mass is 10.2. The topological polar surface area (TPSA) is 83.0 Å². The summed E-state index contributed by atoms with van der Waals surface area (Å²) in [5.41, 5.74) is 1.39. The van der Waals surface area contributed by atoms with Gasteiger partial charge in [0.15, 0.2) is 5.13 Å². The lowest BCUT2D eigenvalue weighted by Gasteiger charge is -2.34. The molecule has 1 aromatic heterocycles. The van der Waals surface area contributed by atoms with E-state index in [4.69, 9.17) is 9.72 Å². The third-order valence-corrected chi connectivity index (χ3v) is 9.56. The molecule has 1 amide bonds. The quantitative estimate of drug-likeness (QED) is 0.497. The fraction of sp³-hybridized carbons (Fsp3) is 0.440. The normalized spacial score (nSPS) is 17.6. The SMILES string of the molecule is CCOc1cccc2sc(N3CCN(C(=O)c4ccc(S(=O)(=O)N5CCCCC5)cc4)CC3)nc12. The van der Waals surface area contributed by atoms with Crippen LogP contribution in [0.4, 0.5) is 5.13 Å². The van der Waals surface area contributed by atoms with Gasteiger partial charge in [-0.05, 0) is 56.2 Å². The number of sulfonamides is 1. The minimum atomic E-state index is -3.50. The summed E-state index contributed by atoms with van der Waals surface area (Å²) in [6.45, 7) is 6.24. The molecule has 2 aliphatic rings. The highest BCUT2D eigenvalue weighted by Gasteiger charge is 2.27. The predicted molar refractivity (Wildman–Crippen MR) is 138 cm³/mol. The van der Waals surface area contributed by atoms with Crippen LogP contribution in [0, 0.1) is 0 Å². The number of benzene rings is 2. The molecule has 0 N–H and O–H groups in total. The number of rotatable bonds is 6. The summed E-state index contributed by atoms with van der Waals surface area (Å²) < 4.78 is 34.1. The summed E-state index contributed by atoms with van der Waals surface area (Å²) in [5, 5.41) is 0.937. The van der Waals surface area contributed by atoms with Gasteiger partial charge in [0, 0.05) is 44.8 Å². The summed E-state index contributed by atoms with van der Waals surface area (Å²) in [5.74, 6) is 0.724. The maximum atomic E-state index is 13.1. The Hall–Kier alpha value is -2.69. The Balaban J connectivity index is 1.23. The van der Waals surface area contributed by atoms with Crippen molar-refractivity contribution in [2.45, 2.75) is 31.1 Å². The number of nitrogens with zero attached hydrogens (tertiary/aromatic N) is 4. The maximum absolute atomic E-state index is 13.1. The van der Waals surface area contributed by atoms with Crippen LogP contribution in [0.5, 0.6) is 5.75 Å². The molecule has 2 aromatic carbocycles. The number of ether oxygens (including phenoxy) is 1. The Kier molecular flexibility index (Phi) is 6.95. The average Bonchev–Trinajstić information content (AvgIpc) is 3.35. The molecule has 8 nitrogen and oxygen atoms in total. The van der Waals surface area contributed by atoms with Gasteiger partial charge in [0.25, 0.3) is 5.91 Å². The molecule has 3 aromatic rings. The van der Waals surface area contributed by atoms with Gasteiger partial charge in [-0.3, -0.25) is 4.79 Å². The van der Waals surface area contributed by atoms with Crippen molar-refractivity contribution < 1.29 is 17.9 Å². The van der Waals surface area contributed by atoms with Crippen molar-refractivity contribution in [3.63, 3.8) is 0 Å². The lowest BCUT2D eigenvalue weighted by molar-refractivity contribution is 0.0746. The Bertz CT molecular complexity index is 1290. The number of piperazine rings is 1. The molecule has 186 valence electrons. The second kappa shape index (κ2) is 10.1. The molecule has 2 fully saturated rings. The number of hydrogen-bond donors (Lipinski definition) is 0. The summed E-state index contributed by atoms with van der Waals surface area (Å²) >= 11 is 1.64. The van der Waals surface area contributed by atoms with Gasteiger partial charge >= 0.3 is 0 Å². The van der Waals surface area contributed by atoms with Crippen LogP contribution in [0.15, 0.2) is 47.4 Å². The van der Waals surface area contributed by atoms with Crippen LogP contribution in [-0.2, 0) is 10.0 Å². The Morgan fingerprint density at radius 3 is 2.37 bits per heavy atom. The summed E-state index contributed by atoms with van der Waals surface area (Å²) in [7, 11) is -3.50. The molecule has 35 heavy (non-hydrogen) atoms. The van der Waals surface area contributed by atoms with Crippen LogP contribution in [0.25, 0.3) is 10.2 Å². The van der Waals surface area contributed by atoms with Crippen molar-refractivity contribution >= 4 is 42.6 Å². The molecule has 2 saturated heterocycles. The first-order valence-corrected chi connectivity index (χ1v) is 14.4. The number of hydrogen-bond acceptors (Lipinski definition) is 7. The van der Waals surface area contributed by atoms with Crippen LogP contribution < -0.4 is 9.64 Å². The fourth-order valence-electron chi connectivity index (χ4n) is 4.63. The standard InChI is InChI=1S/C25H30N4O4S2/c1-2-33-21-7-6-8-22-23(21)26-25(34-22)28-17-15-27(16-18-28)24(30)19-9-11-20(12-10-19)35(31,32)29-13-4-3-5-14-29/h6-12H,2-5,13-18H2,1H3. The molecule has 5 rings (SSSR count). The number of carbonyl (C=O) groups excluding carboxylic acids is 1. The average molecular weight is 515 g/mol. The van der Waals surface area contributed by atoms with E-state index < -0.39 is 10.0 Å². The van der Waals surface area contributed by atoms with Crippen molar-refractivity contribution in [1.82, 2.24) is 14.2 Å². The fourth-order valence-corrected chi connectivity index (χ4v) is 7.18. The molecule has 0 radical (unpaired) electrons. The number of para-hydroxylation sites is 1. The van der Waals surface area contributed by atoms with Crippen LogP contribution >= 0.6 is 11.3 Å². The van der Waals surface area contributed by atoms with E-state index in [1.54, 1.807) is 39.9 Å². The molecular weight excluding hydrogens is 484 g/mol. The van der Waals surface area contributed by atoms with Crippen molar-refractivity contribution in [2.75, 3.05) is 50.8 Å². The van der Waals surface area contributed by atoms with E-state index >= 15 is 0 Å². The molecule has 0 saturated carbocycles. The zero-order chi connectivity index (χ0) is 24.4. The molecule has 2 aliphatic heterocycles. The Morgan fingerprint density at radius 1 is 0.971 bits per heavy atom. The van der Waals surface area contributed by atoms with Crippen molar-refractivity contribution in [1.29, 1.82) is 0 Å². The number of aromatic nitrogens is 1. The van der Waals surface area contributed by atoms with E-state index in [-0.39, 0.29) is 10.8 Å². The van der Waals surface area contributed by atoms with Crippen LogP contribution in [0.1, 0.15) is 36.5 Å².